The van der Waals surface area contributed by atoms with Gasteiger partial charge in [-0.2, -0.15) is 0 Å². The monoisotopic (exact) mass is 288 g/mol. The molecule has 4 heteroatoms. The van der Waals surface area contributed by atoms with Crippen LogP contribution in [0.3, 0.4) is 0 Å². The molecule has 1 saturated carbocycles. The minimum absolute atomic E-state index is 0. The van der Waals surface area contributed by atoms with Gasteiger partial charge >= 0.3 is 0 Å². The lowest BCUT2D eigenvalue weighted by atomic mass is 9.64. The van der Waals surface area contributed by atoms with Gasteiger partial charge < -0.3 is 10.6 Å². The fourth-order valence-electron chi connectivity index (χ4n) is 3.47. The van der Waals surface area contributed by atoms with Crippen LogP contribution >= 0.6 is 12.4 Å². The Bertz CT molecular complexity index is 284. The molecule has 0 aromatic heterocycles. The number of halogens is 1. The first-order valence-electron chi connectivity index (χ1n) is 7.62. The average Bonchev–Trinajstić information content (AvgIpc) is 2.32. The Kier molecular flexibility index (Phi) is 6.61. The molecule has 1 aliphatic carbocycles. The molecule has 19 heavy (non-hydrogen) atoms. The van der Waals surface area contributed by atoms with E-state index < -0.39 is 0 Å². The van der Waals surface area contributed by atoms with Crippen molar-refractivity contribution in [3.05, 3.63) is 0 Å². The van der Waals surface area contributed by atoms with Crippen molar-refractivity contribution in [3.63, 3.8) is 0 Å². The third-order valence-electron chi connectivity index (χ3n) is 4.52. The third-order valence-corrected chi connectivity index (χ3v) is 4.52. The van der Waals surface area contributed by atoms with Crippen LogP contribution in [0.1, 0.15) is 58.8 Å². The Balaban J connectivity index is 0.00000180. The van der Waals surface area contributed by atoms with Gasteiger partial charge in [0.15, 0.2) is 0 Å². The smallest absolute Gasteiger partial charge is 0.237 e. The van der Waals surface area contributed by atoms with E-state index in [2.05, 4.69) is 24.5 Å². The van der Waals surface area contributed by atoms with Crippen molar-refractivity contribution in [1.82, 2.24) is 10.6 Å². The molecule has 2 rings (SSSR count). The van der Waals surface area contributed by atoms with E-state index in [0.29, 0.717) is 5.41 Å². The Morgan fingerprint density at radius 3 is 2.53 bits per heavy atom. The van der Waals surface area contributed by atoms with Crippen LogP contribution in [0, 0.1) is 11.3 Å². The largest absolute Gasteiger partial charge is 0.354 e. The minimum atomic E-state index is 0. The van der Waals surface area contributed by atoms with E-state index in [-0.39, 0.29) is 24.4 Å². The van der Waals surface area contributed by atoms with Crippen molar-refractivity contribution in [1.29, 1.82) is 0 Å². The molecule has 0 bridgehead atoms. The van der Waals surface area contributed by atoms with Crippen molar-refractivity contribution in [3.8, 4) is 0 Å². The van der Waals surface area contributed by atoms with Gasteiger partial charge in [0.25, 0.3) is 0 Å². The van der Waals surface area contributed by atoms with E-state index >= 15 is 0 Å². The van der Waals surface area contributed by atoms with Gasteiger partial charge in [-0.3, -0.25) is 4.79 Å². The number of amides is 1. The predicted octanol–water partition coefficient (Wildman–Crippen LogP) is 2.88. The number of hydrogen-bond donors (Lipinski definition) is 2. The highest BCUT2D eigenvalue weighted by Crippen LogP contribution is 2.45. The van der Waals surface area contributed by atoms with Gasteiger partial charge in [0.1, 0.15) is 0 Å². The summed E-state index contributed by atoms with van der Waals surface area (Å²) in [4.78, 5) is 12.1. The number of rotatable bonds is 5. The maximum atomic E-state index is 12.1. The second-order valence-corrected chi connectivity index (χ2v) is 6.67. The van der Waals surface area contributed by atoms with Crippen LogP contribution in [0.2, 0.25) is 0 Å². The second kappa shape index (κ2) is 7.49. The summed E-state index contributed by atoms with van der Waals surface area (Å²) in [6.07, 6.45) is 8.58. The molecule has 1 unspecified atom stereocenters. The van der Waals surface area contributed by atoms with E-state index in [0.717, 1.165) is 25.4 Å². The number of piperidine rings is 1. The lowest BCUT2D eigenvalue weighted by molar-refractivity contribution is -0.124. The van der Waals surface area contributed by atoms with Gasteiger partial charge in [0, 0.05) is 6.54 Å². The molecule has 0 aromatic rings. The van der Waals surface area contributed by atoms with Crippen LogP contribution in [0.15, 0.2) is 0 Å². The number of nitrogens with one attached hydrogen (secondary N) is 2. The van der Waals surface area contributed by atoms with Gasteiger partial charge in [-0.25, -0.2) is 0 Å². The van der Waals surface area contributed by atoms with E-state index in [4.69, 9.17) is 0 Å². The Morgan fingerprint density at radius 2 is 2.05 bits per heavy atom. The summed E-state index contributed by atoms with van der Waals surface area (Å²) in [5.74, 6) is 0.958. The molecule has 2 N–H and O–H groups in total. The minimum Gasteiger partial charge on any atom is -0.354 e. The zero-order valence-corrected chi connectivity index (χ0v) is 13.2. The van der Waals surface area contributed by atoms with E-state index in [1.165, 1.54) is 38.5 Å². The van der Waals surface area contributed by atoms with Crippen LogP contribution in [-0.2, 0) is 4.79 Å². The highest BCUT2D eigenvalue weighted by molar-refractivity contribution is 5.85. The lowest BCUT2D eigenvalue weighted by Crippen LogP contribution is -2.50. The third kappa shape index (κ3) is 4.64. The molecule has 0 radical (unpaired) electrons. The Morgan fingerprint density at radius 1 is 1.32 bits per heavy atom. The molecular formula is C15H29ClN2O. The van der Waals surface area contributed by atoms with Crippen LogP contribution < -0.4 is 10.6 Å². The van der Waals surface area contributed by atoms with Crippen LogP contribution in [0.5, 0.6) is 0 Å². The SMILES string of the molecule is CC(C)CC1(CNC(=O)C2CCCCN2)CCC1.Cl. The van der Waals surface area contributed by atoms with Gasteiger partial charge in [-0.05, 0) is 50.0 Å². The topological polar surface area (TPSA) is 41.1 Å². The predicted molar refractivity (Wildman–Crippen MR) is 81.6 cm³/mol. The summed E-state index contributed by atoms with van der Waals surface area (Å²) in [5, 5.41) is 6.52. The van der Waals surface area contributed by atoms with E-state index in [1.54, 1.807) is 0 Å². The summed E-state index contributed by atoms with van der Waals surface area (Å²) < 4.78 is 0. The van der Waals surface area contributed by atoms with Crippen LogP contribution in [-0.4, -0.2) is 25.0 Å². The zero-order chi connectivity index (χ0) is 13.0. The van der Waals surface area contributed by atoms with Gasteiger partial charge in [0.2, 0.25) is 5.91 Å². The maximum Gasteiger partial charge on any atom is 0.237 e. The summed E-state index contributed by atoms with van der Waals surface area (Å²) >= 11 is 0. The molecule has 1 heterocycles. The second-order valence-electron chi connectivity index (χ2n) is 6.67. The number of hydrogen-bond acceptors (Lipinski definition) is 2. The first-order chi connectivity index (χ1) is 8.61. The normalized spacial score (nSPS) is 25.3. The molecule has 0 aromatic carbocycles. The Hall–Kier alpha value is -0.280. The zero-order valence-electron chi connectivity index (χ0n) is 12.3. The molecule has 1 amide bonds. The van der Waals surface area contributed by atoms with Crippen molar-refractivity contribution in [2.24, 2.45) is 11.3 Å². The summed E-state index contributed by atoms with van der Waals surface area (Å²) in [6, 6.07) is 0.0647. The first kappa shape index (κ1) is 16.8. The quantitative estimate of drug-likeness (QED) is 0.817. The first-order valence-corrected chi connectivity index (χ1v) is 7.62. The fraction of sp³-hybridized carbons (Fsp3) is 0.933. The lowest BCUT2D eigenvalue weighted by Gasteiger charge is -2.43. The van der Waals surface area contributed by atoms with Crippen molar-refractivity contribution in [2.75, 3.05) is 13.1 Å². The van der Waals surface area contributed by atoms with Gasteiger partial charge in [-0.1, -0.05) is 26.7 Å². The summed E-state index contributed by atoms with van der Waals surface area (Å²) in [7, 11) is 0. The Labute approximate surface area is 123 Å². The van der Waals surface area contributed by atoms with Gasteiger partial charge in [-0.15, -0.1) is 12.4 Å². The van der Waals surface area contributed by atoms with Crippen molar-refractivity contribution < 1.29 is 4.79 Å². The molecule has 1 saturated heterocycles. The highest BCUT2D eigenvalue weighted by atomic mass is 35.5. The molecule has 1 aliphatic heterocycles. The molecule has 112 valence electrons. The molecule has 0 spiro atoms. The molecule has 2 aliphatic rings. The standard InChI is InChI=1S/C15H28N2O.ClH/c1-12(2)10-15(7-5-8-15)11-17-14(18)13-6-3-4-9-16-13;/h12-13,16H,3-11H2,1-2H3,(H,17,18);1H. The molecule has 3 nitrogen and oxygen atoms in total. The van der Waals surface area contributed by atoms with Crippen molar-refractivity contribution >= 4 is 18.3 Å². The van der Waals surface area contributed by atoms with Crippen LogP contribution in [0.4, 0.5) is 0 Å². The molecule has 1 atom stereocenters. The summed E-state index contributed by atoms with van der Waals surface area (Å²) in [5.41, 5.74) is 0.415. The average molecular weight is 289 g/mol. The van der Waals surface area contributed by atoms with Crippen molar-refractivity contribution in [2.45, 2.75) is 64.8 Å². The van der Waals surface area contributed by atoms with Crippen LogP contribution in [0.25, 0.3) is 0 Å². The maximum absolute atomic E-state index is 12.1. The highest BCUT2D eigenvalue weighted by Gasteiger charge is 2.37. The molecular weight excluding hydrogens is 260 g/mol. The van der Waals surface area contributed by atoms with E-state index in [1.807, 2.05) is 0 Å². The number of carbonyl (C=O) groups excluding carboxylic acids is 1. The summed E-state index contributed by atoms with van der Waals surface area (Å²) in [6.45, 7) is 6.45. The van der Waals surface area contributed by atoms with Gasteiger partial charge in [0.05, 0.1) is 6.04 Å². The number of carbonyl (C=O) groups is 1. The fourth-order valence-corrected chi connectivity index (χ4v) is 3.47. The van der Waals surface area contributed by atoms with E-state index in [9.17, 15) is 4.79 Å². The molecule has 2 fully saturated rings.